The van der Waals surface area contributed by atoms with Crippen LogP contribution in [0.4, 0.5) is 0 Å². The fourth-order valence-electron chi connectivity index (χ4n) is 0.884. The van der Waals surface area contributed by atoms with Crippen molar-refractivity contribution >= 4 is 23.4 Å². The Kier molecular flexibility index (Phi) is 113. The lowest BCUT2D eigenvalue weighted by Crippen LogP contribution is -2.22. The van der Waals surface area contributed by atoms with Gasteiger partial charge in [0.25, 0.3) is 0 Å². The van der Waals surface area contributed by atoms with Gasteiger partial charge in [-0.1, -0.05) is 83.1 Å². The number of hydrogen-bond donors (Lipinski definition) is 0. The summed E-state index contributed by atoms with van der Waals surface area (Å²) in [7, 11) is 1.28. The average molecular weight is 641 g/mol. The average Bonchev–Trinajstić information content (AvgIpc) is 3.87. The molecule has 0 N–H and O–H groups in total. The SMILES string of the molecule is C1COCO1.C1COCO1.C1COCO1.C=O.CC.CC.CC.CC.CC.CC.CO[Si](C)(C)C.CO[Si](C)(C)C. The molecule has 3 fully saturated rings. The quantitative estimate of drug-likeness (QED) is 0.274. The summed E-state index contributed by atoms with van der Waals surface area (Å²) in [4.78, 5) is 8.00. The Balaban J connectivity index is -0.0000000403. The molecule has 3 saturated heterocycles. The Morgan fingerprint density at radius 2 is 0.488 bits per heavy atom. The highest BCUT2D eigenvalue weighted by Gasteiger charge is 2.09. The summed E-state index contributed by atoms with van der Waals surface area (Å²) >= 11 is 0. The first-order chi connectivity index (χ1) is 19.6. The van der Waals surface area contributed by atoms with Crippen molar-refractivity contribution in [3.63, 3.8) is 0 Å². The van der Waals surface area contributed by atoms with Crippen LogP contribution >= 0.6 is 0 Å². The van der Waals surface area contributed by atoms with Crippen molar-refractivity contribution in [2.24, 2.45) is 0 Å². The lowest BCUT2D eigenvalue weighted by atomic mass is 10.8. The number of rotatable bonds is 2. The summed E-state index contributed by atoms with van der Waals surface area (Å²) in [6, 6.07) is 0. The molecule has 262 valence electrons. The van der Waals surface area contributed by atoms with Crippen LogP contribution < -0.4 is 0 Å². The highest BCUT2D eigenvalue weighted by Crippen LogP contribution is 1.98. The molecule has 3 rings (SSSR count). The Hall–Kier alpha value is -0.216. The van der Waals surface area contributed by atoms with Crippen LogP contribution in [0.5, 0.6) is 0 Å². The molecule has 0 amide bonds. The third-order valence-corrected chi connectivity index (χ3v) is 5.29. The number of carbonyl (C=O) groups excluding carboxylic acids is 1. The summed E-state index contributed by atoms with van der Waals surface area (Å²) in [5, 5.41) is 0. The summed E-state index contributed by atoms with van der Waals surface area (Å²) in [5.74, 6) is 0. The molecule has 0 radical (unpaired) electrons. The van der Waals surface area contributed by atoms with Gasteiger partial charge in [-0.2, -0.15) is 0 Å². The van der Waals surface area contributed by atoms with Gasteiger partial charge in [-0.3, -0.25) is 0 Å². The molecule has 3 aliphatic rings. The van der Waals surface area contributed by atoms with E-state index in [2.05, 4.69) is 39.3 Å². The molecule has 3 heterocycles. The zero-order valence-electron chi connectivity index (χ0n) is 31.7. The minimum atomic E-state index is -1.13. The van der Waals surface area contributed by atoms with Crippen molar-refractivity contribution in [2.75, 3.05) is 74.2 Å². The normalized spacial score (nSPS) is 13.3. The minimum Gasteiger partial charge on any atom is -0.421 e. The largest absolute Gasteiger partial charge is 0.421 e. The Bertz CT molecular complexity index is 245. The van der Waals surface area contributed by atoms with E-state index in [1.165, 1.54) is 0 Å². The summed E-state index contributed by atoms with van der Waals surface area (Å²) in [6.07, 6.45) is 0. The van der Waals surface area contributed by atoms with E-state index in [0.29, 0.717) is 20.4 Å². The maximum absolute atomic E-state index is 8.00. The third-order valence-electron chi connectivity index (χ3n) is 2.84. The number of carbonyl (C=O) groups is 1. The fraction of sp³-hybridized carbons (Fsp3) is 0.967. The third kappa shape index (κ3) is 131. The van der Waals surface area contributed by atoms with Gasteiger partial charge in [-0.15, -0.1) is 0 Å². The van der Waals surface area contributed by atoms with Crippen LogP contribution in [-0.4, -0.2) is 97.7 Å². The zero-order valence-corrected chi connectivity index (χ0v) is 33.7. The smallest absolute Gasteiger partial charge is 0.183 e. The number of hydrogen-bond acceptors (Lipinski definition) is 9. The molecule has 41 heavy (non-hydrogen) atoms. The van der Waals surface area contributed by atoms with E-state index < -0.39 is 16.6 Å². The second-order valence-corrected chi connectivity index (χ2v) is 16.7. The topological polar surface area (TPSA) is 90.9 Å². The molecule has 11 heteroatoms. The summed E-state index contributed by atoms with van der Waals surface area (Å²) in [6.45, 7) is 45.1. The lowest BCUT2D eigenvalue weighted by molar-refractivity contribution is -0.0980. The molecule has 0 spiro atoms. The van der Waals surface area contributed by atoms with Gasteiger partial charge in [0, 0.05) is 14.2 Å². The standard InChI is InChI=1S/2C4H12OSi.3C3H6O2.6C2H6.CH2O/c2*1-5-6(2,3)4;3*1-2-5-3-4-1;7*1-2/h2*1-4H3;3*1-3H2;6*1-2H3;1H2. The van der Waals surface area contributed by atoms with E-state index in [0.717, 1.165) is 39.6 Å². The van der Waals surface area contributed by atoms with Gasteiger partial charge in [-0.05, 0) is 39.3 Å². The highest BCUT2D eigenvalue weighted by molar-refractivity contribution is 6.70. The maximum Gasteiger partial charge on any atom is 0.183 e. The fourth-order valence-corrected chi connectivity index (χ4v) is 0.884. The van der Waals surface area contributed by atoms with Gasteiger partial charge < -0.3 is 42.1 Å². The Morgan fingerprint density at radius 1 is 0.390 bits per heavy atom. The molecule has 9 nitrogen and oxygen atoms in total. The molecular formula is C30H80O9Si2. The van der Waals surface area contributed by atoms with E-state index in [4.69, 9.17) is 42.1 Å². The summed E-state index contributed by atoms with van der Waals surface area (Å²) in [5.41, 5.74) is 0. The second kappa shape index (κ2) is 72.2. The van der Waals surface area contributed by atoms with E-state index in [1.807, 2.05) is 89.9 Å². The van der Waals surface area contributed by atoms with Crippen molar-refractivity contribution in [2.45, 2.75) is 122 Å². The van der Waals surface area contributed by atoms with E-state index in [-0.39, 0.29) is 0 Å². The molecule has 0 aromatic heterocycles. The highest BCUT2D eigenvalue weighted by atomic mass is 28.4. The Morgan fingerprint density at radius 3 is 0.512 bits per heavy atom. The van der Waals surface area contributed by atoms with Gasteiger partial charge >= 0.3 is 0 Å². The number of ether oxygens (including phenoxy) is 6. The van der Waals surface area contributed by atoms with E-state index >= 15 is 0 Å². The van der Waals surface area contributed by atoms with Crippen molar-refractivity contribution in [1.29, 1.82) is 0 Å². The predicted molar refractivity (Wildman–Crippen MR) is 186 cm³/mol. The van der Waals surface area contributed by atoms with Crippen LogP contribution in [0, 0.1) is 0 Å². The second-order valence-electron chi connectivity index (χ2n) is 7.44. The van der Waals surface area contributed by atoms with Crippen LogP contribution in [0.2, 0.25) is 39.3 Å². The first kappa shape index (κ1) is 63.9. The molecule has 0 aliphatic carbocycles. The molecule has 3 aliphatic heterocycles. The lowest BCUT2D eigenvalue weighted by Gasteiger charge is -2.10. The predicted octanol–water partition coefficient (Wildman–Crippen LogP) is 8.88. The molecule has 0 aromatic carbocycles. The molecular weight excluding hydrogens is 560 g/mol. The van der Waals surface area contributed by atoms with Crippen molar-refractivity contribution in [3.05, 3.63) is 0 Å². The maximum atomic E-state index is 8.00. The van der Waals surface area contributed by atoms with Crippen molar-refractivity contribution < 1.29 is 42.1 Å². The molecule has 0 saturated carbocycles. The molecule has 0 bridgehead atoms. The van der Waals surface area contributed by atoms with Crippen LogP contribution in [0.25, 0.3) is 0 Å². The van der Waals surface area contributed by atoms with Gasteiger partial charge in [-0.25, -0.2) is 0 Å². The van der Waals surface area contributed by atoms with Crippen LogP contribution in [-0.2, 0) is 42.1 Å². The molecule has 0 atom stereocenters. The van der Waals surface area contributed by atoms with Gasteiger partial charge in [0.1, 0.15) is 27.2 Å². The van der Waals surface area contributed by atoms with Crippen molar-refractivity contribution in [1.82, 2.24) is 0 Å². The monoisotopic (exact) mass is 641 g/mol. The van der Waals surface area contributed by atoms with Gasteiger partial charge in [0.05, 0.1) is 39.6 Å². The van der Waals surface area contributed by atoms with Gasteiger partial charge in [0.15, 0.2) is 16.6 Å². The first-order valence-corrected chi connectivity index (χ1v) is 22.3. The minimum absolute atomic E-state index is 0.500. The van der Waals surface area contributed by atoms with E-state index in [9.17, 15) is 0 Å². The van der Waals surface area contributed by atoms with Crippen LogP contribution in [0.3, 0.4) is 0 Å². The van der Waals surface area contributed by atoms with Crippen LogP contribution in [0.1, 0.15) is 83.1 Å². The Labute approximate surface area is 261 Å². The molecule has 0 unspecified atom stereocenters. The van der Waals surface area contributed by atoms with E-state index in [1.54, 1.807) is 14.2 Å². The van der Waals surface area contributed by atoms with Gasteiger partial charge in [0.2, 0.25) is 0 Å². The van der Waals surface area contributed by atoms with Crippen LogP contribution in [0.15, 0.2) is 0 Å². The molecule has 0 aromatic rings. The van der Waals surface area contributed by atoms with Crippen molar-refractivity contribution in [3.8, 4) is 0 Å². The first-order valence-electron chi connectivity index (χ1n) is 15.5. The zero-order chi connectivity index (χ0) is 35.0. The summed E-state index contributed by atoms with van der Waals surface area (Å²) < 4.78 is 38.5.